The van der Waals surface area contributed by atoms with Crippen LogP contribution < -0.4 is 10.9 Å². The number of aryl methyl sites for hydroxylation is 1. The Hall–Kier alpha value is -3.04. The van der Waals surface area contributed by atoms with Crippen molar-refractivity contribution in [3.05, 3.63) is 76.5 Å². The van der Waals surface area contributed by atoms with Gasteiger partial charge in [-0.2, -0.15) is 9.78 Å². The van der Waals surface area contributed by atoms with Crippen LogP contribution in [0.25, 0.3) is 5.69 Å². The van der Waals surface area contributed by atoms with Crippen LogP contribution in [0.5, 0.6) is 0 Å². The fourth-order valence-electron chi connectivity index (χ4n) is 3.32. The number of carbonyl (C=O) groups is 1. The van der Waals surface area contributed by atoms with Gasteiger partial charge in [0.2, 0.25) is 0 Å². The Labute approximate surface area is 172 Å². The largest absolute Gasteiger partial charge is 0.336 e. The molecule has 1 amide bonds. The molecule has 0 spiro atoms. The van der Waals surface area contributed by atoms with Gasteiger partial charge in [0.15, 0.2) is 0 Å². The van der Waals surface area contributed by atoms with Crippen molar-refractivity contribution < 1.29 is 9.18 Å². The van der Waals surface area contributed by atoms with Crippen LogP contribution in [0.2, 0.25) is 0 Å². The second-order valence-electron chi connectivity index (χ2n) is 6.56. The summed E-state index contributed by atoms with van der Waals surface area (Å²) in [4.78, 5) is 31.5. The van der Waals surface area contributed by atoms with Crippen LogP contribution in [0.3, 0.4) is 0 Å². The first kappa shape index (κ1) is 20.7. The van der Waals surface area contributed by atoms with Gasteiger partial charge in [-0.3, -0.25) is 9.59 Å². The van der Waals surface area contributed by atoms with Crippen molar-refractivity contribution in [1.82, 2.24) is 29.5 Å². The first-order chi connectivity index (χ1) is 13.5. The van der Waals surface area contributed by atoms with Crippen molar-refractivity contribution in [2.75, 3.05) is 19.6 Å². The molecule has 1 aliphatic rings. The zero-order valence-corrected chi connectivity index (χ0v) is 16.5. The van der Waals surface area contributed by atoms with Crippen molar-refractivity contribution in [3.63, 3.8) is 0 Å². The number of amides is 1. The lowest BCUT2D eigenvalue weighted by atomic mass is 10.1. The number of aromatic nitrogens is 4. The molecule has 4 rings (SSSR count). The number of hydrogen-bond donors (Lipinski definition) is 1. The van der Waals surface area contributed by atoms with Crippen LogP contribution in [0.4, 0.5) is 4.39 Å². The van der Waals surface area contributed by atoms with Crippen molar-refractivity contribution in [2.45, 2.75) is 6.04 Å². The second kappa shape index (κ2) is 8.54. The first-order valence-corrected chi connectivity index (χ1v) is 8.90. The van der Waals surface area contributed by atoms with E-state index in [0.717, 1.165) is 10.5 Å². The predicted molar refractivity (Wildman–Crippen MR) is 107 cm³/mol. The SMILES string of the molecule is Cl.Cn1ccnc1C1CNCCN1C(=O)c1ccc(=O)n(-c2ccc(F)cc2)n1. The van der Waals surface area contributed by atoms with E-state index in [2.05, 4.69) is 15.4 Å². The summed E-state index contributed by atoms with van der Waals surface area (Å²) in [6, 6.07) is 7.84. The van der Waals surface area contributed by atoms with E-state index in [1.54, 1.807) is 11.1 Å². The zero-order chi connectivity index (χ0) is 19.7. The number of benzene rings is 1. The number of rotatable bonds is 3. The van der Waals surface area contributed by atoms with E-state index in [0.29, 0.717) is 25.3 Å². The van der Waals surface area contributed by atoms with Crippen LogP contribution in [0.15, 0.2) is 53.6 Å². The number of nitrogens with zero attached hydrogens (tertiary/aromatic N) is 5. The van der Waals surface area contributed by atoms with Crippen LogP contribution in [0, 0.1) is 5.82 Å². The average Bonchev–Trinajstić information content (AvgIpc) is 3.14. The monoisotopic (exact) mass is 418 g/mol. The maximum atomic E-state index is 13.2. The summed E-state index contributed by atoms with van der Waals surface area (Å²) in [5, 5.41) is 7.51. The highest BCUT2D eigenvalue weighted by molar-refractivity contribution is 5.92. The smallest absolute Gasteiger partial charge is 0.275 e. The Kier molecular flexibility index (Phi) is 6.09. The molecule has 3 aromatic rings. The van der Waals surface area contributed by atoms with Gasteiger partial charge in [0.25, 0.3) is 11.5 Å². The minimum absolute atomic E-state index is 0. The molecule has 2 aromatic heterocycles. The lowest BCUT2D eigenvalue weighted by molar-refractivity contribution is 0.0612. The molecular weight excluding hydrogens is 399 g/mol. The first-order valence-electron chi connectivity index (χ1n) is 8.90. The van der Waals surface area contributed by atoms with E-state index in [1.165, 1.54) is 36.4 Å². The molecule has 0 aliphatic carbocycles. The van der Waals surface area contributed by atoms with Gasteiger partial charge in [0.05, 0.1) is 5.69 Å². The van der Waals surface area contributed by atoms with Crippen LogP contribution >= 0.6 is 12.4 Å². The summed E-state index contributed by atoms with van der Waals surface area (Å²) < 4.78 is 16.2. The van der Waals surface area contributed by atoms with E-state index >= 15 is 0 Å². The molecule has 1 unspecified atom stereocenters. The number of hydrogen-bond acceptors (Lipinski definition) is 5. The van der Waals surface area contributed by atoms with Crippen molar-refractivity contribution in [3.8, 4) is 5.69 Å². The molecule has 0 bridgehead atoms. The van der Waals surface area contributed by atoms with Gasteiger partial charge in [-0.15, -0.1) is 12.4 Å². The summed E-state index contributed by atoms with van der Waals surface area (Å²) >= 11 is 0. The molecule has 1 saturated heterocycles. The third-order valence-electron chi connectivity index (χ3n) is 4.75. The van der Waals surface area contributed by atoms with Gasteiger partial charge in [-0.05, 0) is 30.3 Å². The van der Waals surface area contributed by atoms with Gasteiger partial charge in [0.1, 0.15) is 23.4 Å². The second-order valence-corrected chi connectivity index (χ2v) is 6.56. The number of piperazine rings is 1. The van der Waals surface area contributed by atoms with Crippen molar-refractivity contribution in [2.24, 2.45) is 7.05 Å². The van der Waals surface area contributed by atoms with E-state index in [-0.39, 0.29) is 30.0 Å². The molecule has 0 saturated carbocycles. The van der Waals surface area contributed by atoms with Gasteiger partial charge in [-0.1, -0.05) is 0 Å². The predicted octanol–water partition coefficient (Wildman–Crippen LogP) is 1.31. The average molecular weight is 419 g/mol. The van der Waals surface area contributed by atoms with E-state index < -0.39 is 11.4 Å². The minimum Gasteiger partial charge on any atom is -0.336 e. The van der Waals surface area contributed by atoms with Crippen molar-refractivity contribution >= 4 is 18.3 Å². The molecule has 8 nitrogen and oxygen atoms in total. The van der Waals surface area contributed by atoms with Gasteiger partial charge < -0.3 is 14.8 Å². The van der Waals surface area contributed by atoms with Crippen LogP contribution in [-0.2, 0) is 7.05 Å². The maximum Gasteiger partial charge on any atom is 0.275 e. The highest BCUT2D eigenvalue weighted by Gasteiger charge is 2.32. The summed E-state index contributed by atoms with van der Waals surface area (Å²) in [5.41, 5.74) is 0.135. The van der Waals surface area contributed by atoms with E-state index in [4.69, 9.17) is 0 Å². The Morgan fingerprint density at radius 1 is 1.21 bits per heavy atom. The molecule has 10 heteroatoms. The van der Waals surface area contributed by atoms with Gasteiger partial charge in [-0.25, -0.2) is 9.37 Å². The molecular formula is C19H20ClFN6O2. The fourth-order valence-corrected chi connectivity index (χ4v) is 3.32. The third kappa shape index (κ3) is 4.06. The summed E-state index contributed by atoms with van der Waals surface area (Å²) in [7, 11) is 1.88. The molecule has 3 heterocycles. The van der Waals surface area contributed by atoms with Gasteiger partial charge >= 0.3 is 0 Å². The Morgan fingerprint density at radius 2 is 1.97 bits per heavy atom. The summed E-state index contributed by atoms with van der Waals surface area (Å²) in [6.07, 6.45) is 3.53. The summed E-state index contributed by atoms with van der Waals surface area (Å²) in [6.45, 7) is 1.73. The van der Waals surface area contributed by atoms with E-state index in [1.807, 2.05) is 17.8 Å². The molecule has 1 aromatic carbocycles. The van der Waals surface area contributed by atoms with Crippen molar-refractivity contribution in [1.29, 1.82) is 0 Å². The lowest BCUT2D eigenvalue weighted by Crippen LogP contribution is -2.49. The normalized spacial score (nSPS) is 16.3. The molecule has 29 heavy (non-hydrogen) atoms. The quantitative estimate of drug-likeness (QED) is 0.693. The molecule has 1 atom stereocenters. The topological polar surface area (TPSA) is 85.0 Å². The van der Waals surface area contributed by atoms with Crippen LogP contribution in [0.1, 0.15) is 22.4 Å². The van der Waals surface area contributed by atoms with E-state index in [9.17, 15) is 14.0 Å². The molecule has 1 aliphatic heterocycles. The highest BCUT2D eigenvalue weighted by atomic mass is 35.5. The Bertz CT molecular complexity index is 1070. The fraction of sp³-hybridized carbons (Fsp3) is 0.263. The minimum atomic E-state index is -0.414. The zero-order valence-electron chi connectivity index (χ0n) is 15.7. The number of imidazole rings is 1. The number of nitrogens with one attached hydrogen (secondary N) is 1. The highest BCUT2D eigenvalue weighted by Crippen LogP contribution is 2.22. The Balaban J connectivity index is 0.00000240. The maximum absolute atomic E-state index is 13.2. The van der Waals surface area contributed by atoms with Crippen LogP contribution in [-0.4, -0.2) is 49.8 Å². The standard InChI is InChI=1S/C19H19FN6O2.ClH/c1-24-10-9-22-18(24)16-12-21-8-11-25(16)19(28)15-6-7-17(27)26(23-15)14-4-2-13(20)3-5-14;/h2-7,9-10,16,21H,8,11-12H2,1H3;1H. The molecule has 152 valence electrons. The Morgan fingerprint density at radius 3 is 2.66 bits per heavy atom. The molecule has 1 N–H and O–H groups in total. The van der Waals surface area contributed by atoms with Gasteiger partial charge in [0, 0.05) is 45.1 Å². The lowest BCUT2D eigenvalue weighted by Gasteiger charge is -2.35. The number of halogens is 2. The molecule has 0 radical (unpaired) electrons. The molecule has 1 fully saturated rings. The number of carbonyl (C=O) groups excluding carboxylic acids is 1. The summed E-state index contributed by atoms with van der Waals surface area (Å²) in [5.74, 6) is 0.0699. The third-order valence-corrected chi connectivity index (χ3v) is 4.75.